The minimum atomic E-state index is -0.120. The number of piperazine rings is 1. The maximum absolute atomic E-state index is 12.6. The average Bonchev–Trinajstić information content (AvgIpc) is 3.15. The van der Waals surface area contributed by atoms with Gasteiger partial charge in [-0.3, -0.25) is 4.79 Å². The van der Waals surface area contributed by atoms with Crippen LogP contribution in [0.25, 0.3) is 11.0 Å². The molecule has 2 N–H and O–H groups in total. The lowest BCUT2D eigenvalue weighted by atomic mass is 10.2. The zero-order valence-electron chi connectivity index (χ0n) is 16.5. The van der Waals surface area contributed by atoms with Crippen LogP contribution in [0.2, 0.25) is 0 Å². The van der Waals surface area contributed by atoms with E-state index >= 15 is 0 Å². The molecule has 1 aliphatic rings. The lowest BCUT2D eigenvalue weighted by molar-refractivity contribution is -0.132. The highest BCUT2D eigenvalue weighted by Crippen LogP contribution is 2.14. The van der Waals surface area contributed by atoms with E-state index in [0.717, 1.165) is 28.1 Å². The number of nitrogens with one attached hydrogen (secondary N) is 2. The van der Waals surface area contributed by atoms with E-state index in [0.29, 0.717) is 39.0 Å². The number of para-hydroxylation sites is 2. The number of H-pyrrole nitrogens is 1. The summed E-state index contributed by atoms with van der Waals surface area (Å²) in [4.78, 5) is 36.4. The van der Waals surface area contributed by atoms with Gasteiger partial charge in [0.25, 0.3) is 0 Å². The normalized spacial score (nSPS) is 14.2. The highest BCUT2D eigenvalue weighted by atomic mass is 16.2. The molecule has 0 atom stereocenters. The Balaban J connectivity index is 1.25. The first-order valence-corrected chi connectivity index (χ1v) is 9.92. The second-order valence-electron chi connectivity index (χ2n) is 7.37. The first-order chi connectivity index (χ1) is 14.1. The van der Waals surface area contributed by atoms with Crippen molar-refractivity contribution in [3.63, 3.8) is 0 Å². The van der Waals surface area contributed by atoms with Crippen LogP contribution in [-0.2, 0) is 11.2 Å². The smallest absolute Gasteiger partial charge is 0.321 e. The zero-order chi connectivity index (χ0) is 20.2. The number of benzene rings is 2. The number of hydrogen-bond donors (Lipinski definition) is 2. The van der Waals surface area contributed by atoms with Crippen LogP contribution in [-0.4, -0.2) is 57.9 Å². The second-order valence-corrected chi connectivity index (χ2v) is 7.37. The molecule has 7 heteroatoms. The van der Waals surface area contributed by atoms with Gasteiger partial charge < -0.3 is 20.1 Å². The number of aromatic nitrogens is 2. The molecule has 0 radical (unpaired) electrons. The molecular weight excluding hydrogens is 366 g/mol. The van der Waals surface area contributed by atoms with Crippen molar-refractivity contribution in [3.05, 3.63) is 59.9 Å². The van der Waals surface area contributed by atoms with Gasteiger partial charge in [-0.05, 0) is 36.8 Å². The third-order valence-electron chi connectivity index (χ3n) is 5.20. The molecule has 150 valence electrons. The number of rotatable bonds is 4. The quantitative estimate of drug-likeness (QED) is 0.717. The lowest BCUT2D eigenvalue weighted by Crippen LogP contribution is -2.51. The van der Waals surface area contributed by atoms with Gasteiger partial charge in [0.05, 0.1) is 11.0 Å². The second kappa shape index (κ2) is 8.34. The number of fused-ring (bicyclic) bond motifs is 1. The van der Waals surface area contributed by atoms with Gasteiger partial charge in [-0.25, -0.2) is 9.78 Å². The van der Waals surface area contributed by atoms with Crippen molar-refractivity contribution in [2.75, 3.05) is 31.5 Å². The first kappa shape index (κ1) is 19.0. The van der Waals surface area contributed by atoms with E-state index in [9.17, 15) is 9.59 Å². The summed E-state index contributed by atoms with van der Waals surface area (Å²) in [5.74, 6) is 0.930. The lowest BCUT2D eigenvalue weighted by Gasteiger charge is -2.34. The van der Waals surface area contributed by atoms with Crippen LogP contribution in [0.3, 0.4) is 0 Å². The molecule has 1 aliphatic heterocycles. The van der Waals surface area contributed by atoms with Gasteiger partial charge in [-0.2, -0.15) is 0 Å². The molecule has 3 aromatic rings. The van der Waals surface area contributed by atoms with Crippen LogP contribution < -0.4 is 5.32 Å². The van der Waals surface area contributed by atoms with Crippen molar-refractivity contribution >= 4 is 28.7 Å². The maximum atomic E-state index is 12.6. The number of imidazole rings is 1. The SMILES string of the molecule is Cc1cccc(NC(=O)N2CCN(C(=O)CCc3nc4ccccc4[nH]3)CC2)c1. The average molecular weight is 391 g/mol. The fourth-order valence-corrected chi connectivity index (χ4v) is 3.59. The third-order valence-corrected chi connectivity index (χ3v) is 5.20. The van der Waals surface area contributed by atoms with E-state index in [2.05, 4.69) is 15.3 Å². The minimum absolute atomic E-state index is 0.101. The molecule has 29 heavy (non-hydrogen) atoms. The topological polar surface area (TPSA) is 81.3 Å². The standard InChI is InChI=1S/C22H25N5O2/c1-16-5-4-6-17(15-16)23-22(29)27-13-11-26(12-14-27)21(28)10-9-20-24-18-7-2-3-8-19(18)25-20/h2-8,15H,9-14H2,1H3,(H,23,29)(H,24,25). The Morgan fingerprint density at radius 2 is 1.79 bits per heavy atom. The summed E-state index contributed by atoms with van der Waals surface area (Å²) in [6.07, 6.45) is 0.997. The predicted octanol–water partition coefficient (Wildman–Crippen LogP) is 3.18. The number of hydrogen-bond acceptors (Lipinski definition) is 3. The summed E-state index contributed by atoms with van der Waals surface area (Å²) in [7, 11) is 0. The number of amides is 3. The number of aryl methyl sites for hydroxylation is 2. The molecule has 2 aromatic carbocycles. The summed E-state index contributed by atoms with van der Waals surface area (Å²) in [5, 5.41) is 2.93. The van der Waals surface area contributed by atoms with Crippen molar-refractivity contribution in [1.29, 1.82) is 0 Å². The van der Waals surface area contributed by atoms with E-state index < -0.39 is 0 Å². The van der Waals surface area contributed by atoms with Crippen LogP contribution >= 0.6 is 0 Å². The van der Waals surface area contributed by atoms with E-state index in [-0.39, 0.29) is 11.9 Å². The van der Waals surface area contributed by atoms with Crippen molar-refractivity contribution in [1.82, 2.24) is 19.8 Å². The van der Waals surface area contributed by atoms with Crippen molar-refractivity contribution < 1.29 is 9.59 Å². The van der Waals surface area contributed by atoms with Gasteiger partial charge in [-0.15, -0.1) is 0 Å². The molecule has 1 aromatic heterocycles. The van der Waals surface area contributed by atoms with Crippen molar-refractivity contribution in [3.8, 4) is 0 Å². The molecule has 2 heterocycles. The maximum Gasteiger partial charge on any atom is 0.321 e. The Bertz CT molecular complexity index is 988. The Morgan fingerprint density at radius 1 is 1.03 bits per heavy atom. The summed E-state index contributed by atoms with van der Waals surface area (Å²) in [6.45, 7) is 4.17. The van der Waals surface area contributed by atoms with Gasteiger partial charge in [-0.1, -0.05) is 24.3 Å². The highest BCUT2D eigenvalue weighted by molar-refractivity contribution is 5.89. The molecule has 7 nitrogen and oxygen atoms in total. The molecule has 3 amide bonds. The van der Waals surface area contributed by atoms with E-state index in [4.69, 9.17) is 0 Å². The number of anilines is 1. The van der Waals surface area contributed by atoms with Crippen molar-refractivity contribution in [2.24, 2.45) is 0 Å². The summed E-state index contributed by atoms with van der Waals surface area (Å²) in [5.41, 5.74) is 3.80. The number of aromatic amines is 1. The summed E-state index contributed by atoms with van der Waals surface area (Å²) < 4.78 is 0. The number of carbonyl (C=O) groups is 2. The van der Waals surface area contributed by atoms with Crippen LogP contribution in [0.4, 0.5) is 10.5 Å². The predicted molar refractivity (Wildman–Crippen MR) is 113 cm³/mol. The molecule has 4 rings (SSSR count). The number of carbonyl (C=O) groups excluding carboxylic acids is 2. The molecule has 0 aliphatic carbocycles. The molecule has 0 unspecified atom stereocenters. The van der Waals surface area contributed by atoms with Crippen LogP contribution in [0.15, 0.2) is 48.5 Å². The fourth-order valence-electron chi connectivity index (χ4n) is 3.59. The molecule has 0 spiro atoms. The number of nitrogens with zero attached hydrogens (tertiary/aromatic N) is 3. The van der Waals surface area contributed by atoms with Gasteiger partial charge in [0.1, 0.15) is 5.82 Å². The van der Waals surface area contributed by atoms with Crippen LogP contribution in [0, 0.1) is 6.92 Å². The Labute approximate surface area is 169 Å². The Morgan fingerprint density at radius 3 is 2.55 bits per heavy atom. The molecule has 0 saturated carbocycles. The van der Waals surface area contributed by atoms with Crippen LogP contribution in [0.5, 0.6) is 0 Å². The summed E-state index contributed by atoms with van der Waals surface area (Å²) >= 11 is 0. The number of urea groups is 1. The largest absolute Gasteiger partial charge is 0.342 e. The van der Waals surface area contributed by atoms with E-state index in [1.54, 1.807) is 4.90 Å². The molecule has 1 fully saturated rings. The highest BCUT2D eigenvalue weighted by Gasteiger charge is 2.24. The Kier molecular flexibility index (Phi) is 5.46. The van der Waals surface area contributed by atoms with Gasteiger partial charge in [0, 0.05) is 44.7 Å². The first-order valence-electron chi connectivity index (χ1n) is 9.92. The van der Waals surface area contributed by atoms with Crippen molar-refractivity contribution in [2.45, 2.75) is 19.8 Å². The zero-order valence-corrected chi connectivity index (χ0v) is 16.5. The Hall–Kier alpha value is -3.35. The van der Waals surface area contributed by atoms with Crippen LogP contribution in [0.1, 0.15) is 17.8 Å². The summed E-state index contributed by atoms with van der Waals surface area (Å²) in [6, 6.07) is 15.5. The van der Waals surface area contributed by atoms with E-state index in [1.807, 2.05) is 60.4 Å². The fraction of sp³-hybridized carbons (Fsp3) is 0.318. The monoisotopic (exact) mass is 391 g/mol. The van der Waals surface area contributed by atoms with Gasteiger partial charge in [0.2, 0.25) is 5.91 Å². The van der Waals surface area contributed by atoms with Gasteiger partial charge in [0.15, 0.2) is 0 Å². The third kappa shape index (κ3) is 4.56. The molecular formula is C22H25N5O2. The minimum Gasteiger partial charge on any atom is -0.342 e. The van der Waals surface area contributed by atoms with Gasteiger partial charge >= 0.3 is 6.03 Å². The molecule has 1 saturated heterocycles. The van der Waals surface area contributed by atoms with E-state index in [1.165, 1.54) is 0 Å². The molecule has 0 bridgehead atoms.